The summed E-state index contributed by atoms with van der Waals surface area (Å²) in [6, 6.07) is 11.4. The van der Waals surface area contributed by atoms with Crippen LogP contribution >= 0.6 is 0 Å². The molecule has 92 valence electrons. The second-order valence-corrected chi connectivity index (χ2v) is 5.75. The van der Waals surface area contributed by atoms with Crippen LogP contribution in [0.25, 0.3) is 0 Å². The Labute approximate surface area is 105 Å². The van der Waals surface area contributed by atoms with Crippen LogP contribution in [0.2, 0.25) is 0 Å². The van der Waals surface area contributed by atoms with E-state index in [0.29, 0.717) is 11.5 Å². The SMILES string of the molecule is C=CCC1(C)CC(C)N(Cc2ccccc2)C1. The summed E-state index contributed by atoms with van der Waals surface area (Å²) in [7, 11) is 0. The molecule has 1 heterocycles. The normalized spacial score (nSPS) is 29.4. The molecule has 2 rings (SSSR count). The van der Waals surface area contributed by atoms with Crippen LogP contribution in [-0.2, 0) is 6.54 Å². The number of likely N-dealkylation sites (tertiary alicyclic amines) is 1. The maximum absolute atomic E-state index is 3.88. The van der Waals surface area contributed by atoms with Gasteiger partial charge in [-0.05, 0) is 30.7 Å². The summed E-state index contributed by atoms with van der Waals surface area (Å²) in [6.07, 6.45) is 4.48. The van der Waals surface area contributed by atoms with Crippen molar-refractivity contribution in [3.05, 3.63) is 48.6 Å². The maximum atomic E-state index is 3.88. The first-order chi connectivity index (χ1) is 8.13. The number of allylic oxidation sites excluding steroid dienone is 1. The van der Waals surface area contributed by atoms with Crippen molar-refractivity contribution in [2.24, 2.45) is 5.41 Å². The van der Waals surface area contributed by atoms with Crippen molar-refractivity contribution in [3.8, 4) is 0 Å². The summed E-state index contributed by atoms with van der Waals surface area (Å²) in [6.45, 7) is 10.9. The molecule has 0 radical (unpaired) electrons. The van der Waals surface area contributed by atoms with E-state index in [9.17, 15) is 0 Å². The molecule has 0 spiro atoms. The van der Waals surface area contributed by atoms with Crippen molar-refractivity contribution in [3.63, 3.8) is 0 Å². The predicted octanol–water partition coefficient (Wildman–Crippen LogP) is 3.86. The lowest BCUT2D eigenvalue weighted by Gasteiger charge is -2.23. The zero-order valence-electron chi connectivity index (χ0n) is 11.0. The van der Waals surface area contributed by atoms with Crippen molar-refractivity contribution in [1.82, 2.24) is 4.90 Å². The molecule has 1 heteroatoms. The Balaban J connectivity index is 2.01. The van der Waals surface area contributed by atoms with Gasteiger partial charge in [0.15, 0.2) is 0 Å². The van der Waals surface area contributed by atoms with E-state index in [-0.39, 0.29) is 0 Å². The fraction of sp³-hybridized carbons (Fsp3) is 0.500. The number of nitrogens with zero attached hydrogens (tertiary/aromatic N) is 1. The van der Waals surface area contributed by atoms with E-state index in [2.05, 4.69) is 61.7 Å². The van der Waals surface area contributed by atoms with Crippen molar-refractivity contribution in [2.75, 3.05) is 6.54 Å². The van der Waals surface area contributed by atoms with Gasteiger partial charge in [0.1, 0.15) is 0 Å². The average molecular weight is 229 g/mol. The molecular formula is C16H23N. The van der Waals surface area contributed by atoms with Crippen LogP contribution in [0.4, 0.5) is 0 Å². The van der Waals surface area contributed by atoms with Gasteiger partial charge in [0.2, 0.25) is 0 Å². The highest BCUT2D eigenvalue weighted by molar-refractivity contribution is 5.15. The molecule has 1 saturated heterocycles. The zero-order valence-corrected chi connectivity index (χ0v) is 11.0. The Morgan fingerprint density at radius 1 is 1.41 bits per heavy atom. The average Bonchev–Trinajstić information content (AvgIpc) is 2.56. The molecule has 0 saturated carbocycles. The van der Waals surface area contributed by atoms with E-state index >= 15 is 0 Å². The minimum atomic E-state index is 0.427. The molecule has 0 aliphatic carbocycles. The van der Waals surface area contributed by atoms with Crippen molar-refractivity contribution in [2.45, 2.75) is 39.3 Å². The summed E-state index contributed by atoms with van der Waals surface area (Å²) in [5, 5.41) is 0. The first-order valence-corrected chi connectivity index (χ1v) is 6.52. The Bertz CT molecular complexity index is 370. The van der Waals surface area contributed by atoms with Gasteiger partial charge in [0, 0.05) is 19.1 Å². The van der Waals surface area contributed by atoms with E-state index in [1.165, 1.54) is 18.5 Å². The largest absolute Gasteiger partial charge is 0.296 e. The molecule has 17 heavy (non-hydrogen) atoms. The van der Waals surface area contributed by atoms with E-state index in [1.807, 2.05) is 0 Å². The lowest BCUT2D eigenvalue weighted by molar-refractivity contribution is 0.239. The van der Waals surface area contributed by atoms with Gasteiger partial charge in [0.05, 0.1) is 0 Å². The second kappa shape index (κ2) is 5.05. The van der Waals surface area contributed by atoms with E-state index < -0.39 is 0 Å². The molecular weight excluding hydrogens is 206 g/mol. The lowest BCUT2D eigenvalue weighted by atomic mass is 9.85. The fourth-order valence-corrected chi connectivity index (χ4v) is 3.08. The minimum absolute atomic E-state index is 0.427. The molecule has 1 aliphatic heterocycles. The summed E-state index contributed by atoms with van der Waals surface area (Å²) < 4.78 is 0. The highest BCUT2D eigenvalue weighted by Crippen LogP contribution is 2.38. The summed E-state index contributed by atoms with van der Waals surface area (Å²) in [4.78, 5) is 2.60. The van der Waals surface area contributed by atoms with Gasteiger partial charge >= 0.3 is 0 Å². The van der Waals surface area contributed by atoms with Crippen LogP contribution in [0.15, 0.2) is 43.0 Å². The third-order valence-corrected chi connectivity index (χ3v) is 3.86. The van der Waals surface area contributed by atoms with E-state index in [0.717, 1.165) is 13.0 Å². The first-order valence-electron chi connectivity index (χ1n) is 6.52. The molecule has 2 unspecified atom stereocenters. The summed E-state index contributed by atoms with van der Waals surface area (Å²) >= 11 is 0. The third kappa shape index (κ3) is 2.98. The molecule has 2 atom stereocenters. The molecule has 1 aromatic carbocycles. The second-order valence-electron chi connectivity index (χ2n) is 5.75. The number of benzene rings is 1. The highest BCUT2D eigenvalue weighted by Gasteiger charge is 2.37. The lowest BCUT2D eigenvalue weighted by Crippen LogP contribution is -2.28. The fourth-order valence-electron chi connectivity index (χ4n) is 3.08. The van der Waals surface area contributed by atoms with Crippen LogP contribution in [0.3, 0.4) is 0 Å². The van der Waals surface area contributed by atoms with Crippen molar-refractivity contribution < 1.29 is 0 Å². The Kier molecular flexibility index (Phi) is 3.68. The predicted molar refractivity (Wildman–Crippen MR) is 73.9 cm³/mol. The van der Waals surface area contributed by atoms with Crippen molar-refractivity contribution in [1.29, 1.82) is 0 Å². The van der Waals surface area contributed by atoms with E-state index in [4.69, 9.17) is 0 Å². The third-order valence-electron chi connectivity index (χ3n) is 3.86. The maximum Gasteiger partial charge on any atom is 0.0236 e. The molecule has 0 aromatic heterocycles. The quantitative estimate of drug-likeness (QED) is 0.709. The smallest absolute Gasteiger partial charge is 0.0236 e. The molecule has 1 aromatic rings. The van der Waals surface area contributed by atoms with Gasteiger partial charge in [-0.3, -0.25) is 4.90 Å². The number of hydrogen-bond acceptors (Lipinski definition) is 1. The van der Waals surface area contributed by atoms with Gasteiger partial charge in [-0.25, -0.2) is 0 Å². The zero-order chi connectivity index (χ0) is 12.3. The highest BCUT2D eigenvalue weighted by atomic mass is 15.2. The van der Waals surface area contributed by atoms with Crippen LogP contribution in [0.1, 0.15) is 32.3 Å². The Morgan fingerprint density at radius 3 is 2.76 bits per heavy atom. The van der Waals surface area contributed by atoms with Crippen LogP contribution in [0.5, 0.6) is 0 Å². The molecule has 0 N–H and O–H groups in total. The molecule has 0 bridgehead atoms. The molecule has 1 nitrogen and oxygen atoms in total. The van der Waals surface area contributed by atoms with Crippen LogP contribution in [0, 0.1) is 5.41 Å². The number of rotatable bonds is 4. The standard InChI is InChI=1S/C16H23N/c1-4-10-16(3)11-14(2)17(13-16)12-15-8-6-5-7-9-15/h4-9,14H,1,10-13H2,2-3H3. The van der Waals surface area contributed by atoms with E-state index in [1.54, 1.807) is 0 Å². The van der Waals surface area contributed by atoms with Gasteiger partial charge < -0.3 is 0 Å². The first kappa shape index (κ1) is 12.4. The molecule has 1 fully saturated rings. The topological polar surface area (TPSA) is 3.24 Å². The van der Waals surface area contributed by atoms with Gasteiger partial charge in [-0.1, -0.05) is 43.3 Å². The van der Waals surface area contributed by atoms with Crippen molar-refractivity contribution >= 4 is 0 Å². The Morgan fingerprint density at radius 2 is 2.12 bits per heavy atom. The number of hydrogen-bond donors (Lipinski definition) is 0. The summed E-state index contributed by atoms with van der Waals surface area (Å²) in [5.74, 6) is 0. The van der Waals surface area contributed by atoms with Gasteiger partial charge in [-0.15, -0.1) is 6.58 Å². The van der Waals surface area contributed by atoms with Gasteiger partial charge in [-0.2, -0.15) is 0 Å². The minimum Gasteiger partial charge on any atom is -0.296 e. The summed E-state index contributed by atoms with van der Waals surface area (Å²) in [5.41, 5.74) is 1.85. The monoisotopic (exact) mass is 229 g/mol. The van der Waals surface area contributed by atoms with Gasteiger partial charge in [0.25, 0.3) is 0 Å². The Hall–Kier alpha value is -1.08. The van der Waals surface area contributed by atoms with Crippen LogP contribution < -0.4 is 0 Å². The molecule has 0 amide bonds. The molecule has 1 aliphatic rings. The van der Waals surface area contributed by atoms with Crippen LogP contribution in [-0.4, -0.2) is 17.5 Å².